The zero-order valence-corrected chi connectivity index (χ0v) is 26.0. The van der Waals surface area contributed by atoms with E-state index >= 15 is 0 Å². The van der Waals surface area contributed by atoms with E-state index in [0.29, 0.717) is 10.6 Å². The Morgan fingerprint density at radius 3 is 2.30 bits per heavy atom. The van der Waals surface area contributed by atoms with Gasteiger partial charge in [-0.3, -0.25) is 9.59 Å². The van der Waals surface area contributed by atoms with Gasteiger partial charge in [-0.05, 0) is 73.9 Å². The highest BCUT2D eigenvalue weighted by Crippen LogP contribution is 2.48. The highest BCUT2D eigenvalue weighted by Gasteiger charge is 2.37. The zero-order valence-electron chi connectivity index (χ0n) is 26.0. The van der Waals surface area contributed by atoms with Gasteiger partial charge in [0.2, 0.25) is 5.36 Å². The quantitative estimate of drug-likeness (QED) is 0.270. The van der Waals surface area contributed by atoms with Crippen LogP contribution in [0.3, 0.4) is 0 Å². The lowest BCUT2D eigenvalue weighted by atomic mass is 9.81. The summed E-state index contributed by atoms with van der Waals surface area (Å²) in [5.41, 5.74) is 8.24. The minimum atomic E-state index is -1.19. The lowest BCUT2D eigenvalue weighted by Crippen LogP contribution is -2.45. The van der Waals surface area contributed by atoms with Crippen molar-refractivity contribution in [2.45, 2.75) is 64.2 Å². The molecule has 0 radical (unpaired) electrons. The van der Waals surface area contributed by atoms with Crippen molar-refractivity contribution in [1.29, 1.82) is 0 Å². The van der Waals surface area contributed by atoms with Gasteiger partial charge in [0.15, 0.2) is 0 Å². The summed E-state index contributed by atoms with van der Waals surface area (Å²) < 4.78 is 9.54. The Morgan fingerprint density at radius 2 is 1.51 bits per heavy atom. The van der Waals surface area contributed by atoms with Gasteiger partial charge in [-0.25, -0.2) is 14.2 Å². The number of aryl methyl sites for hydroxylation is 2. The number of carbonyl (C=O) groups excluding carboxylic acids is 3. The van der Waals surface area contributed by atoms with Crippen molar-refractivity contribution in [1.82, 2.24) is 9.64 Å². The number of fused-ring (bicyclic) bond motifs is 4. The van der Waals surface area contributed by atoms with Gasteiger partial charge in [0.1, 0.15) is 24.6 Å². The summed E-state index contributed by atoms with van der Waals surface area (Å²) in [7, 11) is 0. The molecule has 0 spiro atoms. The number of hydroxylamine groups is 2. The first-order valence-corrected chi connectivity index (χ1v) is 16.8. The zero-order chi connectivity index (χ0) is 32.0. The monoisotopic (exact) mass is 632 g/mol. The second-order valence-corrected chi connectivity index (χ2v) is 13.4. The number of benzene rings is 3. The Balaban J connectivity index is 1.30. The largest absolute Gasteiger partial charge is 0.478 e. The smallest absolute Gasteiger partial charge is 0.363 e. The van der Waals surface area contributed by atoms with Crippen molar-refractivity contribution in [2.75, 3.05) is 31.1 Å². The fourth-order valence-corrected chi connectivity index (χ4v) is 8.66. The van der Waals surface area contributed by atoms with Crippen LogP contribution in [0.15, 0.2) is 30.3 Å². The van der Waals surface area contributed by atoms with E-state index < -0.39 is 23.8 Å². The number of imide groups is 1. The average molecular weight is 633 g/mol. The molecule has 0 unspecified atom stereocenters. The van der Waals surface area contributed by atoms with Gasteiger partial charge in [0.05, 0.1) is 16.7 Å². The molecule has 3 aromatic carbocycles. The number of amides is 2. The normalized spacial score (nSPS) is 19.1. The topological polar surface area (TPSA) is 116 Å². The molecule has 0 bridgehead atoms. The molecule has 6 heterocycles. The van der Waals surface area contributed by atoms with Gasteiger partial charge in [0, 0.05) is 71.9 Å². The van der Waals surface area contributed by atoms with Crippen LogP contribution in [0.1, 0.15) is 92.6 Å². The number of aromatic carboxylic acids is 1. The van der Waals surface area contributed by atoms with Gasteiger partial charge >= 0.3 is 11.9 Å². The molecule has 6 aliphatic rings. The lowest BCUT2D eigenvalue weighted by molar-refractivity contribution is -0.172. The van der Waals surface area contributed by atoms with Gasteiger partial charge in [-0.1, -0.05) is 6.07 Å². The van der Waals surface area contributed by atoms with Crippen molar-refractivity contribution in [3.8, 4) is 11.5 Å². The van der Waals surface area contributed by atoms with Crippen LogP contribution in [0.2, 0.25) is 0 Å². The van der Waals surface area contributed by atoms with Gasteiger partial charge in [0.25, 0.3) is 11.8 Å². The van der Waals surface area contributed by atoms with E-state index in [0.717, 1.165) is 105 Å². The fraction of sp³-hybridized carbons (Fsp3) is 0.378. The van der Waals surface area contributed by atoms with Crippen LogP contribution < -0.4 is 24.8 Å². The second kappa shape index (κ2) is 10.5. The molecule has 0 aromatic heterocycles. The van der Waals surface area contributed by atoms with Crippen LogP contribution in [0.4, 0.5) is 5.69 Å². The van der Waals surface area contributed by atoms with E-state index in [-0.39, 0.29) is 24.0 Å². The molecule has 238 valence electrons. The van der Waals surface area contributed by atoms with E-state index in [4.69, 9.17) is 9.57 Å². The Bertz CT molecular complexity index is 2090. The second-order valence-electron chi connectivity index (χ2n) is 13.4. The molecule has 3 aromatic rings. The highest BCUT2D eigenvalue weighted by molar-refractivity contribution is 6.04. The predicted octanol–water partition coefficient (Wildman–Crippen LogP) is 3.04. The minimum absolute atomic E-state index is 0.0302. The Morgan fingerprint density at radius 1 is 0.787 bits per heavy atom. The maximum atomic E-state index is 13.1. The summed E-state index contributed by atoms with van der Waals surface area (Å²) in [6.45, 7) is 4.09. The maximum absolute atomic E-state index is 13.1. The van der Waals surface area contributed by atoms with Gasteiger partial charge in [-0.2, -0.15) is 0 Å². The molecule has 1 saturated heterocycles. The predicted molar refractivity (Wildman–Crippen MR) is 170 cm³/mol. The van der Waals surface area contributed by atoms with Crippen molar-refractivity contribution in [3.63, 3.8) is 0 Å². The molecule has 10 nitrogen and oxygen atoms in total. The summed E-state index contributed by atoms with van der Waals surface area (Å²) in [4.78, 5) is 57.9. The third-order valence-electron chi connectivity index (χ3n) is 10.6. The van der Waals surface area contributed by atoms with Gasteiger partial charge in [-0.15, -0.1) is 5.06 Å². The summed E-state index contributed by atoms with van der Waals surface area (Å²) in [6.07, 6.45) is 7.78. The molecule has 47 heavy (non-hydrogen) atoms. The molecule has 2 amide bonds. The molecular formula is C37H34N3O7+. The molecule has 1 fully saturated rings. The van der Waals surface area contributed by atoms with Crippen molar-refractivity contribution in [2.24, 2.45) is 0 Å². The number of carboxylic acids is 1. The average Bonchev–Trinajstić information content (AvgIpc) is 3.40. The van der Waals surface area contributed by atoms with E-state index in [1.807, 2.05) is 0 Å². The summed E-state index contributed by atoms with van der Waals surface area (Å²) in [5.74, 6) is -1.72. The van der Waals surface area contributed by atoms with Crippen molar-refractivity contribution < 1.29 is 33.9 Å². The molecule has 0 saturated carbocycles. The number of hydrogen-bond acceptors (Lipinski definition) is 7. The third kappa shape index (κ3) is 4.26. The minimum Gasteiger partial charge on any atom is -0.478 e. The number of carboxylic acid groups (broad SMARTS) is 1. The maximum Gasteiger partial charge on any atom is 0.363 e. The van der Waals surface area contributed by atoms with Crippen LogP contribution in [0.25, 0.3) is 5.57 Å². The molecule has 9 rings (SSSR count). The molecule has 0 atom stereocenters. The summed E-state index contributed by atoms with van der Waals surface area (Å²) >= 11 is 0. The van der Waals surface area contributed by atoms with E-state index in [9.17, 15) is 24.3 Å². The van der Waals surface area contributed by atoms with Gasteiger partial charge < -0.3 is 19.6 Å². The molecule has 6 aliphatic heterocycles. The van der Waals surface area contributed by atoms with E-state index in [1.165, 1.54) is 45.4 Å². The van der Waals surface area contributed by atoms with Crippen LogP contribution in [0, 0.1) is 0 Å². The summed E-state index contributed by atoms with van der Waals surface area (Å²) in [5, 5.41) is 13.3. The molecule has 0 aliphatic carbocycles. The van der Waals surface area contributed by atoms with Crippen LogP contribution in [-0.2, 0) is 40.1 Å². The molecule has 10 heteroatoms. The van der Waals surface area contributed by atoms with E-state index in [1.54, 1.807) is 6.07 Å². The van der Waals surface area contributed by atoms with Crippen LogP contribution >= 0.6 is 0 Å². The number of hydrogen-bond donors (Lipinski definition) is 1. The number of rotatable bonds is 4. The number of ether oxygens (including phenoxy) is 1. The standard InChI is InChI=1S/C37H33N3O7/c41-29-11-12-30(42)40(29)47-37(45)22-9-10-23(26(19-22)36(43)44)31-27-17-20-5-1-13-38-15-3-7-24(32(20)38)34(27)46-35-25-8-4-16-39-14-2-6-21(33(25)39)18-28(31)35/h9-10,17-19H,1-8,11-16H2/p+1. The van der Waals surface area contributed by atoms with Crippen LogP contribution in [-0.4, -0.2) is 60.1 Å². The first kappa shape index (κ1) is 28.3. The Hall–Kier alpha value is -4.99. The Kier molecular flexibility index (Phi) is 6.32. The highest BCUT2D eigenvalue weighted by atomic mass is 16.7. The molecule has 1 N–H and O–H groups in total. The third-order valence-corrected chi connectivity index (χ3v) is 10.6. The number of nitrogens with zero attached hydrogens (tertiary/aromatic N) is 3. The SMILES string of the molecule is O=C(ON1C(=O)CCC1=O)c1ccc(C2=c3cc4c5c(c3Oc3c2cc2c6c3CCCN6CCC2)CCC[N+]=5CCC4)c(C(=O)O)c1. The lowest BCUT2D eigenvalue weighted by Gasteiger charge is -2.39. The van der Waals surface area contributed by atoms with E-state index in [2.05, 4.69) is 21.6 Å². The Labute approximate surface area is 270 Å². The first-order valence-electron chi connectivity index (χ1n) is 16.8. The number of anilines is 1. The van der Waals surface area contributed by atoms with Crippen molar-refractivity contribution >= 4 is 35.0 Å². The summed E-state index contributed by atoms with van der Waals surface area (Å²) in [6, 6.07) is 8.89. The van der Waals surface area contributed by atoms with Crippen LogP contribution in [0.5, 0.6) is 11.5 Å². The fourth-order valence-electron chi connectivity index (χ4n) is 8.66. The first-order chi connectivity index (χ1) is 22.9. The van der Waals surface area contributed by atoms with Crippen molar-refractivity contribution in [3.05, 3.63) is 85.4 Å². The molecular weight excluding hydrogens is 598 g/mol. The number of carbonyl (C=O) groups is 4.